The number of fused-ring (bicyclic) bond motifs is 1. The van der Waals surface area contributed by atoms with Gasteiger partial charge in [-0.2, -0.15) is 0 Å². The Kier molecular flexibility index (Phi) is 5.64. The van der Waals surface area contributed by atoms with Gasteiger partial charge in [-0.3, -0.25) is 9.69 Å². The number of hydrogen-bond acceptors (Lipinski definition) is 2. The molecule has 0 bridgehead atoms. The molecular formula is C15H29NO. The number of ketones is 1. The van der Waals surface area contributed by atoms with Crippen molar-refractivity contribution >= 4 is 5.78 Å². The Morgan fingerprint density at radius 2 is 1.76 bits per heavy atom. The van der Waals surface area contributed by atoms with E-state index in [2.05, 4.69) is 18.7 Å². The molecule has 0 aromatic rings. The van der Waals surface area contributed by atoms with Gasteiger partial charge in [0.25, 0.3) is 0 Å². The Morgan fingerprint density at radius 3 is 2.29 bits per heavy atom. The van der Waals surface area contributed by atoms with Crippen molar-refractivity contribution in [3.63, 3.8) is 0 Å². The first-order valence-electron chi connectivity index (χ1n) is 7.39. The lowest BCUT2D eigenvalue weighted by molar-refractivity contribution is -0.122. The van der Waals surface area contributed by atoms with Crippen LogP contribution >= 0.6 is 0 Å². The quantitative estimate of drug-likeness (QED) is 0.733. The van der Waals surface area contributed by atoms with E-state index in [1.807, 2.05) is 13.8 Å². The molecule has 0 N–H and O–H groups in total. The van der Waals surface area contributed by atoms with Crippen molar-refractivity contribution in [2.24, 2.45) is 5.92 Å². The van der Waals surface area contributed by atoms with E-state index in [0.717, 1.165) is 12.3 Å². The van der Waals surface area contributed by atoms with Crippen molar-refractivity contribution in [2.75, 3.05) is 0 Å². The zero-order chi connectivity index (χ0) is 13.0. The molecule has 2 heteroatoms. The zero-order valence-electron chi connectivity index (χ0n) is 12.2. The number of carbonyl (C=O) groups is 1. The molecular weight excluding hydrogens is 210 g/mol. The van der Waals surface area contributed by atoms with Crippen LogP contribution in [0.1, 0.15) is 66.7 Å². The second-order valence-corrected chi connectivity index (χ2v) is 5.51. The summed E-state index contributed by atoms with van der Waals surface area (Å²) in [6, 6.07) is 1.44. The van der Waals surface area contributed by atoms with Crippen LogP contribution in [0.4, 0.5) is 0 Å². The highest BCUT2D eigenvalue weighted by Gasteiger charge is 2.44. The second-order valence-electron chi connectivity index (χ2n) is 5.51. The summed E-state index contributed by atoms with van der Waals surface area (Å²) in [7, 11) is 0. The highest BCUT2D eigenvalue weighted by Crippen LogP contribution is 2.40. The van der Waals surface area contributed by atoms with Gasteiger partial charge in [0.05, 0.1) is 6.04 Å². The molecule has 0 amide bonds. The largest absolute Gasteiger partial charge is 0.298 e. The lowest BCUT2D eigenvalue weighted by Gasteiger charge is -2.36. The average Bonchev–Trinajstić information content (AvgIpc) is 2.71. The summed E-state index contributed by atoms with van der Waals surface area (Å²) in [5, 5.41) is 0. The molecule has 0 spiro atoms. The molecule has 1 aliphatic heterocycles. The van der Waals surface area contributed by atoms with Gasteiger partial charge in [0.2, 0.25) is 0 Å². The highest BCUT2D eigenvalue weighted by molar-refractivity contribution is 5.81. The van der Waals surface area contributed by atoms with Gasteiger partial charge in [-0.25, -0.2) is 0 Å². The van der Waals surface area contributed by atoms with Crippen LogP contribution in [-0.4, -0.2) is 28.8 Å². The highest BCUT2D eigenvalue weighted by atomic mass is 16.1. The van der Waals surface area contributed by atoms with E-state index >= 15 is 0 Å². The SMILES string of the molecule is CC.CC(=O)C1CC2CCCCC2N1C(C)C. The third kappa shape index (κ3) is 3.09. The number of Topliss-reactive ketones (excluding diaryl/α,β-unsaturated/α-hetero) is 1. The fraction of sp³-hybridized carbons (Fsp3) is 0.933. The summed E-state index contributed by atoms with van der Waals surface area (Å²) in [5.74, 6) is 1.17. The van der Waals surface area contributed by atoms with Crippen LogP contribution in [0.2, 0.25) is 0 Å². The summed E-state index contributed by atoms with van der Waals surface area (Å²) < 4.78 is 0. The second kappa shape index (κ2) is 6.53. The molecule has 17 heavy (non-hydrogen) atoms. The lowest BCUT2D eigenvalue weighted by Crippen LogP contribution is -2.45. The van der Waals surface area contributed by atoms with Gasteiger partial charge >= 0.3 is 0 Å². The fourth-order valence-corrected chi connectivity index (χ4v) is 3.61. The maximum atomic E-state index is 11.7. The zero-order valence-corrected chi connectivity index (χ0v) is 12.2. The average molecular weight is 239 g/mol. The minimum atomic E-state index is 0.220. The molecule has 3 unspecified atom stereocenters. The van der Waals surface area contributed by atoms with Crippen LogP contribution in [0.25, 0.3) is 0 Å². The number of hydrogen-bond donors (Lipinski definition) is 0. The van der Waals surface area contributed by atoms with Crippen molar-refractivity contribution in [1.29, 1.82) is 0 Å². The minimum absolute atomic E-state index is 0.220. The van der Waals surface area contributed by atoms with E-state index in [4.69, 9.17) is 0 Å². The Hall–Kier alpha value is -0.370. The van der Waals surface area contributed by atoms with E-state index < -0.39 is 0 Å². The molecule has 0 aromatic carbocycles. The van der Waals surface area contributed by atoms with E-state index in [1.165, 1.54) is 25.7 Å². The Labute approximate surface area is 107 Å². The summed E-state index contributed by atoms with van der Waals surface area (Å²) in [4.78, 5) is 14.2. The molecule has 0 aromatic heterocycles. The Morgan fingerprint density at radius 1 is 1.18 bits per heavy atom. The van der Waals surface area contributed by atoms with Gasteiger partial charge in [-0.05, 0) is 46.0 Å². The van der Waals surface area contributed by atoms with Crippen LogP contribution < -0.4 is 0 Å². The van der Waals surface area contributed by atoms with Crippen LogP contribution in [0.5, 0.6) is 0 Å². The number of rotatable bonds is 2. The van der Waals surface area contributed by atoms with Crippen LogP contribution in [0.3, 0.4) is 0 Å². The Bertz CT molecular complexity index is 249. The molecule has 2 fully saturated rings. The molecule has 2 aliphatic rings. The van der Waals surface area contributed by atoms with Gasteiger partial charge in [-0.15, -0.1) is 0 Å². The molecule has 1 saturated heterocycles. The molecule has 2 nitrogen and oxygen atoms in total. The molecule has 100 valence electrons. The lowest BCUT2D eigenvalue weighted by atomic mass is 9.84. The van der Waals surface area contributed by atoms with E-state index in [-0.39, 0.29) is 6.04 Å². The van der Waals surface area contributed by atoms with Gasteiger partial charge in [0, 0.05) is 12.1 Å². The first-order valence-corrected chi connectivity index (χ1v) is 7.39. The summed E-state index contributed by atoms with van der Waals surface area (Å²) in [5.41, 5.74) is 0. The van der Waals surface area contributed by atoms with Crippen LogP contribution in [-0.2, 0) is 4.79 Å². The number of carbonyl (C=O) groups excluding carboxylic acids is 1. The molecule has 3 atom stereocenters. The normalized spacial score (nSPS) is 32.9. The molecule has 0 radical (unpaired) electrons. The van der Waals surface area contributed by atoms with Gasteiger partial charge < -0.3 is 0 Å². The van der Waals surface area contributed by atoms with Crippen molar-refractivity contribution in [1.82, 2.24) is 4.90 Å². The molecule has 1 saturated carbocycles. The maximum Gasteiger partial charge on any atom is 0.146 e. The van der Waals surface area contributed by atoms with Crippen molar-refractivity contribution in [3.8, 4) is 0 Å². The van der Waals surface area contributed by atoms with Gasteiger partial charge in [0.1, 0.15) is 5.78 Å². The van der Waals surface area contributed by atoms with Gasteiger partial charge in [-0.1, -0.05) is 26.7 Å². The van der Waals surface area contributed by atoms with Crippen molar-refractivity contribution < 1.29 is 4.79 Å². The minimum Gasteiger partial charge on any atom is -0.298 e. The van der Waals surface area contributed by atoms with Crippen LogP contribution in [0, 0.1) is 5.92 Å². The predicted molar refractivity (Wildman–Crippen MR) is 73.2 cm³/mol. The third-order valence-electron chi connectivity index (χ3n) is 4.20. The predicted octanol–water partition coefficient (Wildman–Crippen LogP) is 3.64. The monoisotopic (exact) mass is 239 g/mol. The molecule has 2 rings (SSSR count). The van der Waals surface area contributed by atoms with E-state index in [1.54, 1.807) is 6.92 Å². The topological polar surface area (TPSA) is 20.3 Å². The third-order valence-corrected chi connectivity index (χ3v) is 4.20. The van der Waals surface area contributed by atoms with Crippen LogP contribution in [0.15, 0.2) is 0 Å². The number of nitrogens with zero attached hydrogens (tertiary/aromatic N) is 1. The Balaban J connectivity index is 0.000000686. The first-order chi connectivity index (χ1) is 8.11. The first kappa shape index (κ1) is 14.7. The van der Waals surface area contributed by atoms with Crippen molar-refractivity contribution in [2.45, 2.75) is 84.8 Å². The van der Waals surface area contributed by atoms with Gasteiger partial charge in [0.15, 0.2) is 0 Å². The van der Waals surface area contributed by atoms with Crippen molar-refractivity contribution in [3.05, 3.63) is 0 Å². The van der Waals surface area contributed by atoms with E-state index in [9.17, 15) is 4.79 Å². The fourth-order valence-electron chi connectivity index (χ4n) is 3.61. The number of likely N-dealkylation sites (tertiary alicyclic amines) is 1. The molecule has 1 heterocycles. The summed E-state index contributed by atoms with van der Waals surface area (Å²) in [6.45, 7) is 10.2. The summed E-state index contributed by atoms with van der Waals surface area (Å²) >= 11 is 0. The summed E-state index contributed by atoms with van der Waals surface area (Å²) in [6.07, 6.45) is 6.51. The van der Waals surface area contributed by atoms with E-state index in [0.29, 0.717) is 17.9 Å². The standard InChI is InChI=1S/C13H23NO.C2H6/c1-9(2)14-12-7-5-4-6-11(12)8-13(14)10(3)15;1-2/h9,11-13H,4-8H2,1-3H3;1-2H3. The maximum absolute atomic E-state index is 11.7. The smallest absolute Gasteiger partial charge is 0.146 e. The molecule has 1 aliphatic carbocycles.